The molecule has 0 aromatic carbocycles. The first-order chi connectivity index (χ1) is 19.0. The topological polar surface area (TPSA) is 75.8 Å². The number of nitrogens with one attached hydrogen (secondary N) is 1. The van der Waals surface area contributed by atoms with Crippen molar-refractivity contribution < 1.29 is 64.4 Å². The van der Waals surface area contributed by atoms with Crippen LogP contribution >= 0.6 is 0 Å². The molecule has 0 unspecified atom stereocenters. The van der Waals surface area contributed by atoms with Crippen LogP contribution in [-0.4, -0.2) is 32.9 Å². The average Bonchev–Trinajstić information content (AvgIpc) is 2.74. The van der Waals surface area contributed by atoms with Crippen molar-refractivity contribution in [3.8, 4) is 12.1 Å². The minimum absolute atomic E-state index is 0. The van der Waals surface area contributed by atoms with Crippen molar-refractivity contribution in [3.63, 3.8) is 0 Å². The molecule has 4 nitrogen and oxygen atoms in total. The third-order valence-corrected chi connectivity index (χ3v) is 20.7. The van der Waals surface area contributed by atoms with Crippen LogP contribution in [0.25, 0.3) is 9.30 Å². The Morgan fingerprint density at radius 2 is 0.682 bits per heavy atom. The van der Waals surface area contributed by atoms with E-state index in [4.69, 9.17) is 14.6 Å². The molecule has 0 aromatic heterocycles. The van der Waals surface area contributed by atoms with E-state index in [1.165, 1.54) is 77.0 Å². The van der Waals surface area contributed by atoms with E-state index in [0.717, 1.165) is 35.5 Å². The summed E-state index contributed by atoms with van der Waals surface area (Å²) in [6, 6.07) is 5.47. The summed E-state index contributed by atoms with van der Waals surface area (Å²) in [5.41, 5.74) is 0.406. The minimum atomic E-state index is -1.11. The Kier molecular flexibility index (Phi) is 16.6. The molecule has 0 spiro atoms. The molecule has 0 saturated heterocycles. The van der Waals surface area contributed by atoms with Crippen LogP contribution in [-0.2, 0) is 0 Å². The molecular weight excluding hydrogens is 623 g/mol. The Labute approximate surface area is 322 Å². The fourth-order valence-electron chi connectivity index (χ4n) is 10.5. The average molecular weight is 690 g/mol. The minimum Gasteiger partial charge on any atom is -0.668 e. The first-order valence-corrected chi connectivity index (χ1v) is 31.1. The summed E-state index contributed by atoms with van der Waals surface area (Å²) in [5, 5.41) is 16.6. The Balaban J connectivity index is 0.000000293. The van der Waals surface area contributed by atoms with Gasteiger partial charge in [0.2, 0.25) is 0 Å². The third-order valence-electron chi connectivity index (χ3n) is 9.92. The van der Waals surface area contributed by atoms with E-state index < -0.39 is 32.9 Å². The van der Waals surface area contributed by atoms with Gasteiger partial charge >= 0.3 is 59.1 Å². The van der Waals surface area contributed by atoms with Gasteiger partial charge < -0.3 is 9.30 Å². The number of nitrogens with zero attached hydrogens (tertiary/aromatic N) is 3. The molecule has 44 heavy (non-hydrogen) atoms. The predicted octanol–water partition coefficient (Wildman–Crippen LogP) is 3.77. The van der Waals surface area contributed by atoms with Crippen molar-refractivity contribution >= 4 is 32.9 Å². The van der Waals surface area contributed by atoms with Crippen molar-refractivity contribution in [2.75, 3.05) is 0 Å². The molecule has 8 rings (SSSR count). The largest absolute Gasteiger partial charge is 1.00 e. The van der Waals surface area contributed by atoms with Crippen LogP contribution in [0.3, 0.4) is 0 Å². The summed E-state index contributed by atoms with van der Waals surface area (Å²) in [4.78, 5) is 0. The van der Waals surface area contributed by atoms with Gasteiger partial charge in [-0.3, -0.25) is 0 Å². The Morgan fingerprint density at radius 1 is 0.477 bits per heavy atom. The molecule has 1 N–H and O–H groups in total. The van der Waals surface area contributed by atoms with Crippen LogP contribution in [0.1, 0.15) is 77.0 Å². The zero-order chi connectivity index (χ0) is 31.8. The molecule has 0 aliphatic heterocycles. The van der Waals surface area contributed by atoms with Gasteiger partial charge in [-0.05, 0) is 113 Å². The summed E-state index contributed by atoms with van der Waals surface area (Å²) >= 11 is 0. The first-order valence-electron chi connectivity index (χ1n) is 17.3. The maximum Gasteiger partial charge on any atom is 1.00 e. The summed E-state index contributed by atoms with van der Waals surface area (Å²) in [5.74, 6) is 5.68. The molecule has 10 heteroatoms. The maximum absolute atomic E-state index is 9.18. The van der Waals surface area contributed by atoms with Gasteiger partial charge in [0.1, 0.15) is 5.41 Å². The van der Waals surface area contributed by atoms with Crippen molar-refractivity contribution in [3.05, 3.63) is 9.30 Å². The second-order valence-corrected chi connectivity index (χ2v) is 38.7. The fraction of sp³-hybridized carbons (Fsp3) is 0.941. The van der Waals surface area contributed by atoms with Gasteiger partial charge in [0.25, 0.3) is 6.07 Å². The predicted molar refractivity (Wildman–Crippen MR) is 192 cm³/mol. The van der Waals surface area contributed by atoms with E-state index in [-0.39, 0.29) is 69.9 Å². The van der Waals surface area contributed by atoms with Crippen LogP contribution in [0.4, 0.5) is 0 Å². The first kappa shape index (κ1) is 43.8. The standard InChI is InChI=1S/2C11H15N.2C6H18NSi2.2Na/c2*12-7-11-4-8-1-9(5-11)3-10(2-8)6-11;2*1-8(2,3)7-9(4,5)6;;/h2*8-10H,1-6H2;2*1-6H3;;/q;;2*-1;2*+1/p+1. The van der Waals surface area contributed by atoms with E-state index in [2.05, 4.69) is 90.7 Å². The number of rotatable bonds is 4. The third kappa shape index (κ3) is 14.7. The van der Waals surface area contributed by atoms with Crippen LogP contribution in [0.15, 0.2) is 0 Å². The van der Waals surface area contributed by atoms with E-state index in [1.807, 2.05) is 0 Å². The van der Waals surface area contributed by atoms with Gasteiger partial charge in [-0.15, -0.1) is 5.26 Å². The molecule has 0 aromatic rings. The fourth-order valence-corrected chi connectivity index (χ4v) is 26.6. The Hall–Kier alpha value is 1.77. The molecule has 240 valence electrons. The SMILES string of the molecule is C[Si](C)(C)[N-][Si](C)(C)C.C[Si](C)(C)[N-][Si](C)(C)C.N#CC12CC3CC(CC(C3)C1)C2.[NH+]#CC12CC3CC(CC(C3)C1)C2.[Na+].[Na+]. The molecule has 0 radical (unpaired) electrons. The molecule has 8 aliphatic rings. The van der Waals surface area contributed by atoms with E-state index in [0.29, 0.717) is 0 Å². The number of hydrogen-bond donors (Lipinski definition) is 1. The summed E-state index contributed by atoms with van der Waals surface area (Å²) in [6.45, 7) is 27.6. The van der Waals surface area contributed by atoms with Crippen molar-refractivity contribution in [2.45, 2.75) is 156 Å². The van der Waals surface area contributed by atoms with E-state index >= 15 is 0 Å². The summed E-state index contributed by atoms with van der Waals surface area (Å²) in [6.07, 6.45) is 16.3. The second-order valence-electron chi connectivity index (χ2n) is 19.5. The monoisotopic (exact) mass is 689 g/mol. The Bertz CT molecular complexity index is 821. The molecule has 0 amide bonds. The van der Waals surface area contributed by atoms with E-state index in [9.17, 15) is 5.26 Å². The molecule has 8 bridgehead atoms. The van der Waals surface area contributed by atoms with Gasteiger partial charge in [-0.2, -0.15) is 5.26 Å². The van der Waals surface area contributed by atoms with E-state index in [1.54, 1.807) is 0 Å². The maximum atomic E-state index is 9.18. The molecular formula is C34H67N4Na2Si4+. The van der Waals surface area contributed by atoms with Crippen molar-refractivity contribution in [2.24, 2.45) is 46.3 Å². The Morgan fingerprint density at radius 3 is 0.818 bits per heavy atom. The van der Waals surface area contributed by atoms with Gasteiger partial charge in [-0.25, -0.2) is 0 Å². The molecule has 0 heterocycles. The molecule has 8 aliphatic carbocycles. The number of hydrogen-bond acceptors (Lipinski definition) is 1. The van der Waals surface area contributed by atoms with Gasteiger partial charge in [-0.1, -0.05) is 112 Å². The molecule has 8 fully saturated rings. The summed E-state index contributed by atoms with van der Waals surface area (Å²) in [7, 11) is -4.42. The van der Waals surface area contributed by atoms with Crippen LogP contribution in [0, 0.1) is 63.7 Å². The smallest absolute Gasteiger partial charge is 0.668 e. The van der Waals surface area contributed by atoms with Crippen LogP contribution < -0.4 is 64.4 Å². The van der Waals surface area contributed by atoms with Crippen LogP contribution in [0.5, 0.6) is 0 Å². The van der Waals surface area contributed by atoms with Gasteiger partial charge in [0.15, 0.2) is 0 Å². The second kappa shape index (κ2) is 16.6. The quantitative estimate of drug-likeness (QED) is 0.449. The molecule has 0 atom stereocenters. The zero-order valence-electron chi connectivity index (χ0n) is 31.8. The molecule has 8 saturated carbocycles. The van der Waals surface area contributed by atoms with Crippen LogP contribution in [0.2, 0.25) is 78.6 Å². The summed E-state index contributed by atoms with van der Waals surface area (Å²) < 4.78 is 9.64. The number of nitriles is 1. The zero-order valence-corrected chi connectivity index (χ0v) is 39.8. The van der Waals surface area contributed by atoms with Crippen molar-refractivity contribution in [1.29, 1.82) is 5.26 Å². The normalized spacial score (nSPS) is 36.0. The van der Waals surface area contributed by atoms with Gasteiger partial charge in [0, 0.05) is 0 Å². The van der Waals surface area contributed by atoms with Gasteiger partial charge in [0.05, 0.1) is 11.5 Å². The van der Waals surface area contributed by atoms with Crippen molar-refractivity contribution in [1.82, 2.24) is 0 Å².